The summed E-state index contributed by atoms with van der Waals surface area (Å²) < 4.78 is 4.98. The number of nitrogens with one attached hydrogen (secondary N) is 1. The molecule has 0 saturated carbocycles. The van der Waals surface area contributed by atoms with Gasteiger partial charge in [-0.3, -0.25) is 4.79 Å². The maximum absolute atomic E-state index is 12.1. The topological polar surface area (TPSA) is 58.6 Å². The van der Waals surface area contributed by atoms with E-state index in [-0.39, 0.29) is 18.0 Å². The zero-order chi connectivity index (χ0) is 17.5. The van der Waals surface area contributed by atoms with Crippen LogP contribution in [0.4, 0.5) is 4.79 Å². The van der Waals surface area contributed by atoms with Gasteiger partial charge in [-0.1, -0.05) is 29.3 Å². The van der Waals surface area contributed by atoms with Gasteiger partial charge in [0, 0.05) is 35.6 Å². The maximum Gasteiger partial charge on any atom is 0.409 e. The minimum Gasteiger partial charge on any atom is -0.450 e. The van der Waals surface area contributed by atoms with Crippen LogP contribution in [0.25, 0.3) is 0 Å². The van der Waals surface area contributed by atoms with Gasteiger partial charge in [0.1, 0.15) is 0 Å². The zero-order valence-electron chi connectivity index (χ0n) is 13.7. The van der Waals surface area contributed by atoms with Crippen LogP contribution in [0.5, 0.6) is 0 Å². The number of piperidine rings is 1. The van der Waals surface area contributed by atoms with Gasteiger partial charge in [0.2, 0.25) is 5.91 Å². The minimum atomic E-state index is -0.278. The Hall–Kier alpha value is -1.46. The highest BCUT2D eigenvalue weighted by molar-refractivity contribution is 6.35. The van der Waals surface area contributed by atoms with Crippen LogP contribution >= 0.6 is 23.2 Å². The second-order valence-electron chi connectivity index (χ2n) is 5.76. The Balaban J connectivity index is 1.73. The highest BCUT2D eigenvalue weighted by Crippen LogP contribution is 2.22. The van der Waals surface area contributed by atoms with Gasteiger partial charge in [-0.2, -0.15) is 0 Å². The van der Waals surface area contributed by atoms with Crippen molar-refractivity contribution in [2.45, 2.75) is 38.6 Å². The summed E-state index contributed by atoms with van der Waals surface area (Å²) >= 11 is 12.0. The van der Waals surface area contributed by atoms with Crippen molar-refractivity contribution in [1.82, 2.24) is 10.2 Å². The summed E-state index contributed by atoms with van der Waals surface area (Å²) in [5.41, 5.74) is 0.911. The fraction of sp³-hybridized carbons (Fsp3) is 0.529. The highest BCUT2D eigenvalue weighted by atomic mass is 35.5. The van der Waals surface area contributed by atoms with Crippen molar-refractivity contribution in [3.05, 3.63) is 33.8 Å². The van der Waals surface area contributed by atoms with Gasteiger partial charge in [-0.05, 0) is 43.9 Å². The van der Waals surface area contributed by atoms with Crippen molar-refractivity contribution in [2.75, 3.05) is 19.7 Å². The number of halogens is 2. The van der Waals surface area contributed by atoms with Crippen molar-refractivity contribution in [1.29, 1.82) is 0 Å². The average molecular weight is 373 g/mol. The average Bonchev–Trinajstić information content (AvgIpc) is 2.55. The number of amides is 2. The quantitative estimate of drug-likeness (QED) is 0.857. The van der Waals surface area contributed by atoms with Gasteiger partial charge in [-0.25, -0.2) is 4.79 Å². The summed E-state index contributed by atoms with van der Waals surface area (Å²) in [5.74, 6) is -0.00407. The van der Waals surface area contributed by atoms with Crippen LogP contribution in [0.15, 0.2) is 18.2 Å². The zero-order valence-corrected chi connectivity index (χ0v) is 15.2. The molecule has 1 heterocycles. The molecule has 5 nitrogen and oxygen atoms in total. The fourth-order valence-electron chi connectivity index (χ4n) is 2.69. The summed E-state index contributed by atoms with van der Waals surface area (Å²) in [6.07, 6.45) is 2.15. The second kappa shape index (κ2) is 9.14. The maximum atomic E-state index is 12.1. The molecule has 1 aliphatic rings. The third-order valence-electron chi connectivity index (χ3n) is 4.02. The Kier molecular flexibility index (Phi) is 7.18. The smallest absolute Gasteiger partial charge is 0.409 e. The monoisotopic (exact) mass is 372 g/mol. The lowest BCUT2D eigenvalue weighted by atomic mass is 10.0. The van der Waals surface area contributed by atoms with Crippen LogP contribution in [0.3, 0.4) is 0 Å². The molecule has 1 aromatic rings. The first kappa shape index (κ1) is 18.9. The van der Waals surface area contributed by atoms with Gasteiger partial charge in [-0.15, -0.1) is 0 Å². The van der Waals surface area contributed by atoms with E-state index >= 15 is 0 Å². The van der Waals surface area contributed by atoms with E-state index in [1.165, 1.54) is 0 Å². The Labute approximate surface area is 152 Å². The van der Waals surface area contributed by atoms with Crippen LogP contribution in [0.2, 0.25) is 10.0 Å². The molecule has 0 aliphatic carbocycles. The molecule has 0 atom stereocenters. The van der Waals surface area contributed by atoms with Crippen LogP contribution < -0.4 is 5.32 Å². The van der Waals surface area contributed by atoms with Gasteiger partial charge < -0.3 is 15.0 Å². The fourth-order valence-corrected chi connectivity index (χ4v) is 3.20. The molecule has 0 bridgehead atoms. The van der Waals surface area contributed by atoms with Crippen molar-refractivity contribution in [3.8, 4) is 0 Å². The third-order valence-corrected chi connectivity index (χ3v) is 4.61. The number of hydrogen-bond donors (Lipinski definition) is 1. The summed E-state index contributed by atoms with van der Waals surface area (Å²) in [5, 5.41) is 4.19. The standard InChI is InChI=1S/C17H22Cl2N2O3/c1-2-24-17(23)21-9-7-14(8-10-21)20-16(22)6-4-12-3-5-13(18)11-15(12)19/h3,5,11,14H,2,4,6-10H2,1H3,(H,20,22). The Morgan fingerprint density at radius 2 is 2.00 bits per heavy atom. The first-order chi connectivity index (χ1) is 11.5. The van der Waals surface area contributed by atoms with Crippen molar-refractivity contribution >= 4 is 35.2 Å². The molecule has 1 N–H and O–H groups in total. The lowest BCUT2D eigenvalue weighted by Gasteiger charge is -2.31. The molecule has 24 heavy (non-hydrogen) atoms. The van der Waals surface area contributed by atoms with E-state index in [2.05, 4.69) is 5.32 Å². The summed E-state index contributed by atoms with van der Waals surface area (Å²) in [6, 6.07) is 5.40. The van der Waals surface area contributed by atoms with Gasteiger partial charge in [0.15, 0.2) is 0 Å². The largest absolute Gasteiger partial charge is 0.450 e. The molecule has 0 aromatic heterocycles. The minimum absolute atomic E-state index is 0.00407. The number of ether oxygens (including phenoxy) is 1. The first-order valence-corrected chi connectivity index (χ1v) is 8.90. The van der Waals surface area contributed by atoms with E-state index in [1.807, 2.05) is 6.07 Å². The Morgan fingerprint density at radius 3 is 2.62 bits per heavy atom. The number of likely N-dealkylation sites (tertiary alicyclic amines) is 1. The van der Waals surface area contributed by atoms with Crippen molar-refractivity contribution < 1.29 is 14.3 Å². The Morgan fingerprint density at radius 1 is 1.29 bits per heavy atom. The molecule has 2 rings (SSSR count). The third kappa shape index (κ3) is 5.56. The molecule has 1 saturated heterocycles. The van der Waals surface area contributed by atoms with Crippen molar-refractivity contribution in [2.24, 2.45) is 0 Å². The normalized spacial score (nSPS) is 15.2. The summed E-state index contributed by atoms with van der Waals surface area (Å²) in [4.78, 5) is 25.4. The molecule has 7 heteroatoms. The Bertz CT molecular complexity index is 587. The van der Waals surface area contributed by atoms with Gasteiger partial charge in [0.05, 0.1) is 6.61 Å². The SMILES string of the molecule is CCOC(=O)N1CCC(NC(=O)CCc2ccc(Cl)cc2Cl)CC1. The number of carbonyl (C=O) groups is 2. The second-order valence-corrected chi connectivity index (χ2v) is 6.61. The predicted octanol–water partition coefficient (Wildman–Crippen LogP) is 3.66. The summed E-state index contributed by atoms with van der Waals surface area (Å²) in [6.45, 7) is 3.38. The lowest BCUT2D eigenvalue weighted by molar-refractivity contribution is -0.122. The van der Waals surface area contributed by atoms with E-state index in [1.54, 1.807) is 24.0 Å². The summed E-state index contributed by atoms with van der Waals surface area (Å²) in [7, 11) is 0. The molecule has 0 spiro atoms. The number of carbonyl (C=O) groups excluding carboxylic acids is 2. The molecule has 1 aliphatic heterocycles. The molecule has 1 aromatic carbocycles. The van der Waals surface area contributed by atoms with E-state index in [9.17, 15) is 9.59 Å². The molecule has 0 radical (unpaired) electrons. The molecular weight excluding hydrogens is 351 g/mol. The van der Waals surface area contributed by atoms with Gasteiger partial charge in [0.25, 0.3) is 0 Å². The molecule has 0 unspecified atom stereocenters. The molecule has 132 valence electrons. The van der Waals surface area contributed by atoms with E-state index in [4.69, 9.17) is 27.9 Å². The number of aryl methyl sites for hydroxylation is 1. The molecular formula is C17H22Cl2N2O3. The van der Waals surface area contributed by atoms with Crippen LogP contribution in [-0.2, 0) is 16.0 Å². The lowest BCUT2D eigenvalue weighted by Crippen LogP contribution is -2.46. The molecule has 1 fully saturated rings. The molecule has 2 amide bonds. The number of rotatable bonds is 5. The van der Waals surface area contributed by atoms with E-state index in [0.29, 0.717) is 42.6 Å². The highest BCUT2D eigenvalue weighted by Gasteiger charge is 2.24. The van der Waals surface area contributed by atoms with Crippen LogP contribution in [-0.4, -0.2) is 42.6 Å². The van der Waals surface area contributed by atoms with E-state index in [0.717, 1.165) is 18.4 Å². The number of nitrogens with zero attached hydrogens (tertiary/aromatic N) is 1. The predicted molar refractivity (Wildman–Crippen MR) is 94.5 cm³/mol. The van der Waals surface area contributed by atoms with Crippen LogP contribution in [0.1, 0.15) is 31.7 Å². The van der Waals surface area contributed by atoms with Crippen LogP contribution in [0, 0.1) is 0 Å². The van der Waals surface area contributed by atoms with Gasteiger partial charge >= 0.3 is 6.09 Å². The first-order valence-electron chi connectivity index (χ1n) is 8.14. The van der Waals surface area contributed by atoms with E-state index < -0.39 is 0 Å². The number of benzene rings is 1. The van der Waals surface area contributed by atoms with Crippen molar-refractivity contribution in [3.63, 3.8) is 0 Å². The number of hydrogen-bond acceptors (Lipinski definition) is 3.